The molecule has 9 nitrogen and oxygen atoms in total. The molecule has 0 radical (unpaired) electrons. The van der Waals surface area contributed by atoms with Gasteiger partial charge in [0.2, 0.25) is 15.8 Å². The Morgan fingerprint density at radius 3 is 2.81 bits per heavy atom. The normalized spacial score (nSPS) is 14.3. The van der Waals surface area contributed by atoms with Gasteiger partial charge < -0.3 is 5.11 Å². The topological polar surface area (TPSA) is 138 Å². The van der Waals surface area contributed by atoms with Crippen LogP contribution in [0, 0.1) is 0 Å². The third-order valence-corrected chi connectivity index (χ3v) is 5.30. The van der Waals surface area contributed by atoms with Gasteiger partial charge in [-0.25, -0.2) is 18.1 Å². The number of benzene rings is 1. The number of aromatic nitrogens is 4. The molecule has 1 saturated carbocycles. The fraction of sp³-hybridized carbons (Fsp3) is 0.235. The summed E-state index contributed by atoms with van der Waals surface area (Å²) in [5, 5.41) is 25.6. The predicted octanol–water partition coefficient (Wildman–Crippen LogP) is 1.27. The highest BCUT2D eigenvalue weighted by atomic mass is 32.2. The molecule has 2 heterocycles. The van der Waals surface area contributed by atoms with Gasteiger partial charge in [0, 0.05) is 17.7 Å². The van der Waals surface area contributed by atoms with Crippen LogP contribution in [0.3, 0.4) is 0 Å². The van der Waals surface area contributed by atoms with Crippen LogP contribution in [0.15, 0.2) is 41.4 Å². The molecule has 1 aliphatic rings. The van der Waals surface area contributed by atoms with E-state index in [1.54, 1.807) is 23.7 Å². The number of aryl methyl sites for hydroxylation is 1. The molecule has 0 atom stereocenters. The summed E-state index contributed by atoms with van der Waals surface area (Å²) in [4.78, 5) is 4.43. The molecule has 0 aliphatic heterocycles. The van der Waals surface area contributed by atoms with Crippen LogP contribution in [0.1, 0.15) is 24.5 Å². The number of rotatable bonds is 5. The van der Waals surface area contributed by atoms with Crippen molar-refractivity contribution in [3.05, 3.63) is 42.2 Å². The van der Waals surface area contributed by atoms with E-state index in [0.29, 0.717) is 23.1 Å². The molecular weight excluding hydrogens is 368 g/mol. The molecule has 2 aromatic heterocycles. The first-order valence-corrected chi connectivity index (χ1v) is 9.91. The maximum absolute atomic E-state index is 11.6. The van der Waals surface area contributed by atoms with Crippen LogP contribution in [-0.4, -0.2) is 28.7 Å². The number of sulfonamides is 1. The molecule has 0 spiro atoms. The Hall–Kier alpha value is -2.98. The minimum absolute atomic E-state index is 0.00855. The van der Waals surface area contributed by atoms with Crippen LogP contribution in [0.5, 0.6) is 5.75 Å². The largest absolute Gasteiger partial charge is 0.500 e. The number of aromatic amines is 1. The SMILES string of the molecule is C[n+]1cc(O)c(Nc2cc(C3CC3)[nH]n2)nc1-c1cccc(S(N)(=O)=O)c1. The smallest absolute Gasteiger partial charge is 0.333 e. The second-order valence-electron chi connectivity index (χ2n) is 6.59. The Labute approximate surface area is 155 Å². The Balaban J connectivity index is 1.70. The molecule has 1 aliphatic carbocycles. The number of nitrogens with two attached hydrogens (primary N) is 1. The van der Waals surface area contributed by atoms with Gasteiger partial charge >= 0.3 is 5.82 Å². The molecule has 10 heteroatoms. The minimum atomic E-state index is -3.83. The van der Waals surface area contributed by atoms with Crippen molar-refractivity contribution in [3.63, 3.8) is 0 Å². The standard InChI is InChI=1S/C17H18N6O3S/c1-23-9-14(24)16(19-15-8-13(21-22-15)10-5-6-10)20-17(23)11-3-2-4-12(7-11)27(18,25)26/h2-4,7-10H,5-6H2,1H3,(H4,18,21,22,24,25,26)/p+1. The molecule has 0 saturated heterocycles. The minimum Gasteiger partial charge on any atom is -0.500 e. The maximum Gasteiger partial charge on any atom is 0.333 e. The summed E-state index contributed by atoms with van der Waals surface area (Å²) in [6, 6.07) is 8.07. The second-order valence-corrected chi connectivity index (χ2v) is 8.15. The summed E-state index contributed by atoms with van der Waals surface area (Å²) in [6.45, 7) is 0. The molecule has 0 amide bonds. The van der Waals surface area contributed by atoms with Crippen LogP contribution < -0.4 is 15.0 Å². The highest BCUT2D eigenvalue weighted by Crippen LogP contribution is 2.39. The van der Waals surface area contributed by atoms with Gasteiger partial charge in [0.1, 0.15) is 6.20 Å². The van der Waals surface area contributed by atoms with Gasteiger partial charge in [0.15, 0.2) is 5.82 Å². The molecule has 4 rings (SSSR count). The second kappa shape index (κ2) is 6.32. The Morgan fingerprint density at radius 1 is 1.33 bits per heavy atom. The summed E-state index contributed by atoms with van der Waals surface area (Å²) >= 11 is 0. The lowest BCUT2D eigenvalue weighted by molar-refractivity contribution is -0.663. The van der Waals surface area contributed by atoms with Gasteiger partial charge in [0.25, 0.3) is 5.82 Å². The highest BCUT2D eigenvalue weighted by Gasteiger charge is 2.26. The fourth-order valence-electron chi connectivity index (χ4n) is 2.85. The van der Waals surface area contributed by atoms with E-state index in [1.165, 1.54) is 18.3 Å². The fourth-order valence-corrected chi connectivity index (χ4v) is 3.41. The van der Waals surface area contributed by atoms with Gasteiger partial charge in [-0.05, 0) is 36.0 Å². The lowest BCUT2D eigenvalue weighted by atomic mass is 10.2. The number of nitrogens with zero attached hydrogens (tertiary/aromatic N) is 3. The summed E-state index contributed by atoms with van der Waals surface area (Å²) in [5.74, 6) is 1.70. The number of nitrogens with one attached hydrogen (secondary N) is 2. The van der Waals surface area contributed by atoms with Gasteiger partial charge in [0.05, 0.1) is 17.5 Å². The number of hydrogen-bond donors (Lipinski definition) is 4. The van der Waals surface area contributed by atoms with Gasteiger partial charge in [-0.3, -0.25) is 10.4 Å². The van der Waals surface area contributed by atoms with Gasteiger partial charge in [-0.1, -0.05) is 6.07 Å². The Morgan fingerprint density at radius 2 is 2.11 bits per heavy atom. The first-order chi connectivity index (χ1) is 12.8. The molecule has 0 bridgehead atoms. The number of primary sulfonamides is 1. The van der Waals surface area contributed by atoms with E-state index in [9.17, 15) is 13.5 Å². The zero-order valence-electron chi connectivity index (χ0n) is 14.5. The first kappa shape index (κ1) is 17.4. The van der Waals surface area contributed by atoms with E-state index in [1.807, 2.05) is 6.07 Å². The Kier molecular flexibility index (Phi) is 4.08. The Bertz CT molecular complexity index is 1120. The van der Waals surface area contributed by atoms with Crippen LogP contribution in [-0.2, 0) is 17.1 Å². The number of H-pyrrole nitrogens is 1. The van der Waals surface area contributed by atoms with Crippen molar-refractivity contribution < 1.29 is 18.1 Å². The molecular formula is C17H19N6O3S+. The summed E-state index contributed by atoms with van der Waals surface area (Å²) in [6.07, 6.45) is 3.79. The van der Waals surface area contributed by atoms with E-state index < -0.39 is 10.0 Å². The zero-order valence-corrected chi connectivity index (χ0v) is 15.4. The van der Waals surface area contributed by atoms with Crippen molar-refractivity contribution in [3.8, 4) is 17.1 Å². The predicted molar refractivity (Wildman–Crippen MR) is 97.7 cm³/mol. The van der Waals surface area contributed by atoms with Crippen molar-refractivity contribution in [1.29, 1.82) is 0 Å². The number of aromatic hydroxyl groups is 1. The van der Waals surface area contributed by atoms with E-state index in [4.69, 9.17) is 5.14 Å². The average Bonchev–Trinajstić information content (AvgIpc) is 3.36. The third kappa shape index (κ3) is 3.62. The zero-order chi connectivity index (χ0) is 19.2. The summed E-state index contributed by atoms with van der Waals surface area (Å²) < 4.78 is 24.8. The third-order valence-electron chi connectivity index (χ3n) is 4.39. The van der Waals surface area contributed by atoms with Crippen molar-refractivity contribution in [1.82, 2.24) is 15.2 Å². The summed E-state index contributed by atoms with van der Waals surface area (Å²) in [5.41, 5.74) is 1.60. The molecule has 3 aromatic rings. The van der Waals surface area contributed by atoms with E-state index in [-0.39, 0.29) is 16.5 Å². The van der Waals surface area contributed by atoms with Crippen LogP contribution >= 0.6 is 0 Å². The van der Waals surface area contributed by atoms with Crippen LogP contribution in [0.2, 0.25) is 0 Å². The van der Waals surface area contributed by atoms with E-state index >= 15 is 0 Å². The van der Waals surface area contributed by atoms with Crippen molar-refractivity contribution in [2.75, 3.05) is 5.32 Å². The molecule has 5 N–H and O–H groups in total. The van der Waals surface area contributed by atoms with Crippen molar-refractivity contribution in [2.45, 2.75) is 23.7 Å². The molecule has 0 unspecified atom stereocenters. The van der Waals surface area contributed by atoms with Crippen LogP contribution in [0.25, 0.3) is 11.4 Å². The monoisotopic (exact) mass is 387 g/mol. The summed E-state index contributed by atoms with van der Waals surface area (Å²) in [7, 11) is -2.13. The average molecular weight is 387 g/mol. The molecule has 1 aromatic carbocycles. The van der Waals surface area contributed by atoms with E-state index in [0.717, 1.165) is 18.5 Å². The van der Waals surface area contributed by atoms with Gasteiger partial charge in [-0.15, -0.1) is 0 Å². The molecule has 27 heavy (non-hydrogen) atoms. The van der Waals surface area contributed by atoms with Crippen LogP contribution in [0.4, 0.5) is 11.6 Å². The first-order valence-electron chi connectivity index (χ1n) is 8.36. The van der Waals surface area contributed by atoms with Crippen molar-refractivity contribution >= 4 is 21.7 Å². The lowest BCUT2D eigenvalue weighted by Gasteiger charge is -2.05. The van der Waals surface area contributed by atoms with Crippen molar-refractivity contribution in [2.24, 2.45) is 12.2 Å². The van der Waals surface area contributed by atoms with Gasteiger partial charge in [-0.2, -0.15) is 5.10 Å². The quantitative estimate of drug-likeness (QED) is 0.487. The van der Waals surface area contributed by atoms with E-state index in [2.05, 4.69) is 20.5 Å². The maximum atomic E-state index is 11.6. The highest BCUT2D eigenvalue weighted by molar-refractivity contribution is 7.89. The molecule has 1 fully saturated rings. The number of anilines is 2. The molecule has 140 valence electrons. The lowest BCUT2D eigenvalue weighted by Crippen LogP contribution is -2.32. The number of hydrogen-bond acceptors (Lipinski definition) is 6.